The van der Waals surface area contributed by atoms with E-state index in [1.54, 1.807) is 11.1 Å². The summed E-state index contributed by atoms with van der Waals surface area (Å²) < 4.78 is 1.52. The molecule has 7 heteroatoms. The fourth-order valence-corrected chi connectivity index (χ4v) is 2.10. The molecule has 0 radical (unpaired) electrons. The first kappa shape index (κ1) is 12.4. The zero-order chi connectivity index (χ0) is 13.1. The number of anilines is 1. The minimum absolute atomic E-state index is 0.00838. The van der Waals surface area contributed by atoms with Crippen LogP contribution in [0.2, 0.25) is 0 Å². The van der Waals surface area contributed by atoms with E-state index < -0.39 is 0 Å². The number of nitrogen functional groups attached to an aromatic ring is 1. The molecule has 3 N–H and O–H groups in total. The first-order chi connectivity index (χ1) is 8.54. The number of rotatable bonds is 3. The van der Waals surface area contributed by atoms with Crippen molar-refractivity contribution in [1.29, 1.82) is 0 Å². The molecule has 1 saturated heterocycles. The van der Waals surface area contributed by atoms with Crippen molar-refractivity contribution in [3.05, 3.63) is 12.4 Å². The third kappa shape index (κ3) is 2.99. The standard InChI is InChI=1S/C11H17N5O2/c1-8(17)14-10-2-3-15(6-10)11(18)7-16-5-9(12)4-13-16/h4-5,10H,2-3,6-7,12H2,1H3,(H,14,17). The summed E-state index contributed by atoms with van der Waals surface area (Å²) in [6.45, 7) is 2.90. The maximum atomic E-state index is 12.0. The predicted octanol–water partition coefficient (Wildman–Crippen LogP) is -0.798. The van der Waals surface area contributed by atoms with E-state index in [2.05, 4.69) is 10.4 Å². The maximum absolute atomic E-state index is 12.0. The van der Waals surface area contributed by atoms with Gasteiger partial charge in [0.15, 0.2) is 0 Å². The Kier molecular flexibility index (Phi) is 3.50. The second-order valence-corrected chi connectivity index (χ2v) is 4.50. The van der Waals surface area contributed by atoms with Crippen LogP contribution in [0.4, 0.5) is 5.69 Å². The topological polar surface area (TPSA) is 93.2 Å². The Balaban J connectivity index is 1.85. The molecule has 0 saturated carbocycles. The van der Waals surface area contributed by atoms with Crippen LogP contribution >= 0.6 is 0 Å². The van der Waals surface area contributed by atoms with Gasteiger partial charge in [0.2, 0.25) is 11.8 Å². The van der Waals surface area contributed by atoms with Crippen molar-refractivity contribution in [1.82, 2.24) is 20.0 Å². The van der Waals surface area contributed by atoms with E-state index >= 15 is 0 Å². The van der Waals surface area contributed by atoms with Crippen LogP contribution in [-0.4, -0.2) is 45.6 Å². The molecule has 1 unspecified atom stereocenters. The molecule has 1 aliphatic rings. The van der Waals surface area contributed by atoms with Crippen LogP contribution in [0.3, 0.4) is 0 Å². The second kappa shape index (κ2) is 5.07. The van der Waals surface area contributed by atoms with Gasteiger partial charge in [-0.2, -0.15) is 5.10 Å². The maximum Gasteiger partial charge on any atom is 0.244 e. The van der Waals surface area contributed by atoms with Crippen LogP contribution in [0.1, 0.15) is 13.3 Å². The predicted molar refractivity (Wildman–Crippen MR) is 65.4 cm³/mol. The van der Waals surface area contributed by atoms with Gasteiger partial charge in [0, 0.05) is 32.3 Å². The molecule has 1 atom stereocenters. The van der Waals surface area contributed by atoms with Gasteiger partial charge < -0.3 is 16.0 Å². The SMILES string of the molecule is CC(=O)NC1CCN(C(=O)Cn2cc(N)cn2)C1. The molecule has 2 heterocycles. The number of hydrogen-bond acceptors (Lipinski definition) is 4. The lowest BCUT2D eigenvalue weighted by Crippen LogP contribution is -2.38. The fraction of sp³-hybridized carbons (Fsp3) is 0.545. The van der Waals surface area contributed by atoms with E-state index in [9.17, 15) is 9.59 Å². The molecular formula is C11H17N5O2. The molecule has 0 aliphatic carbocycles. The molecular weight excluding hydrogens is 234 g/mol. The molecule has 0 bridgehead atoms. The first-order valence-corrected chi connectivity index (χ1v) is 5.87. The normalized spacial score (nSPS) is 18.9. The lowest BCUT2D eigenvalue weighted by atomic mass is 10.3. The third-order valence-electron chi connectivity index (χ3n) is 2.90. The van der Waals surface area contributed by atoms with Gasteiger partial charge >= 0.3 is 0 Å². The van der Waals surface area contributed by atoms with Crippen LogP contribution in [-0.2, 0) is 16.1 Å². The Bertz CT molecular complexity index is 456. The average molecular weight is 251 g/mol. The van der Waals surface area contributed by atoms with Gasteiger partial charge in [-0.05, 0) is 6.42 Å². The summed E-state index contributed by atoms with van der Waals surface area (Å²) >= 11 is 0. The molecule has 2 amide bonds. The fourth-order valence-electron chi connectivity index (χ4n) is 2.10. The van der Waals surface area contributed by atoms with E-state index in [1.807, 2.05) is 0 Å². The van der Waals surface area contributed by atoms with Crippen LogP contribution in [0, 0.1) is 0 Å². The molecule has 18 heavy (non-hydrogen) atoms. The summed E-state index contributed by atoms with van der Waals surface area (Å²) in [6, 6.07) is 0.0640. The van der Waals surface area contributed by atoms with Crippen LogP contribution in [0.5, 0.6) is 0 Å². The highest BCUT2D eigenvalue weighted by molar-refractivity contribution is 5.77. The van der Waals surface area contributed by atoms with Crippen molar-refractivity contribution >= 4 is 17.5 Å². The quantitative estimate of drug-likeness (QED) is 0.735. The van der Waals surface area contributed by atoms with Gasteiger partial charge in [-0.25, -0.2) is 0 Å². The number of nitrogens with zero attached hydrogens (tertiary/aromatic N) is 3. The van der Waals surface area contributed by atoms with E-state index in [0.717, 1.165) is 6.42 Å². The van der Waals surface area contributed by atoms with Crippen molar-refractivity contribution in [2.75, 3.05) is 18.8 Å². The lowest BCUT2D eigenvalue weighted by molar-refractivity contribution is -0.131. The Morgan fingerprint density at radius 2 is 2.39 bits per heavy atom. The van der Waals surface area contributed by atoms with Crippen molar-refractivity contribution < 1.29 is 9.59 Å². The number of carbonyl (C=O) groups excluding carboxylic acids is 2. The number of likely N-dealkylation sites (tertiary alicyclic amines) is 1. The molecule has 1 aliphatic heterocycles. The number of nitrogens with one attached hydrogen (secondary N) is 1. The Labute approximate surface area is 105 Å². The van der Waals surface area contributed by atoms with Gasteiger partial charge in [-0.3, -0.25) is 14.3 Å². The van der Waals surface area contributed by atoms with Crippen molar-refractivity contribution in [2.24, 2.45) is 0 Å². The van der Waals surface area contributed by atoms with Gasteiger partial charge in [0.25, 0.3) is 0 Å². The summed E-state index contributed by atoms with van der Waals surface area (Å²) in [7, 11) is 0. The summed E-state index contributed by atoms with van der Waals surface area (Å²) in [6.07, 6.45) is 3.93. The largest absolute Gasteiger partial charge is 0.396 e. The van der Waals surface area contributed by atoms with Crippen molar-refractivity contribution in [3.63, 3.8) is 0 Å². The number of amides is 2. The minimum Gasteiger partial charge on any atom is -0.396 e. The average Bonchev–Trinajstić information content (AvgIpc) is 2.87. The number of carbonyl (C=O) groups is 2. The molecule has 1 fully saturated rings. The summed E-state index contributed by atoms with van der Waals surface area (Å²) in [5, 5.41) is 6.79. The van der Waals surface area contributed by atoms with Gasteiger partial charge in [-0.15, -0.1) is 0 Å². The van der Waals surface area contributed by atoms with Crippen LogP contribution < -0.4 is 11.1 Å². The van der Waals surface area contributed by atoms with Crippen LogP contribution in [0.15, 0.2) is 12.4 Å². The monoisotopic (exact) mass is 251 g/mol. The Morgan fingerprint density at radius 1 is 1.61 bits per heavy atom. The highest BCUT2D eigenvalue weighted by atomic mass is 16.2. The zero-order valence-corrected chi connectivity index (χ0v) is 10.3. The molecule has 2 rings (SSSR count). The van der Waals surface area contributed by atoms with Gasteiger partial charge in [0.05, 0.1) is 11.9 Å². The highest BCUT2D eigenvalue weighted by Crippen LogP contribution is 2.10. The summed E-state index contributed by atoms with van der Waals surface area (Å²) in [4.78, 5) is 24.6. The Morgan fingerprint density at radius 3 is 3.00 bits per heavy atom. The molecule has 1 aromatic heterocycles. The smallest absolute Gasteiger partial charge is 0.244 e. The van der Waals surface area contributed by atoms with E-state index in [4.69, 9.17) is 5.73 Å². The van der Waals surface area contributed by atoms with E-state index in [1.165, 1.54) is 17.8 Å². The zero-order valence-electron chi connectivity index (χ0n) is 10.3. The Hall–Kier alpha value is -2.05. The molecule has 1 aromatic rings. The second-order valence-electron chi connectivity index (χ2n) is 4.50. The van der Waals surface area contributed by atoms with Gasteiger partial charge in [-0.1, -0.05) is 0 Å². The first-order valence-electron chi connectivity index (χ1n) is 5.87. The number of nitrogens with two attached hydrogens (primary N) is 1. The molecule has 7 nitrogen and oxygen atoms in total. The third-order valence-corrected chi connectivity index (χ3v) is 2.90. The van der Waals surface area contributed by atoms with E-state index in [0.29, 0.717) is 18.8 Å². The molecule has 0 aromatic carbocycles. The number of aromatic nitrogens is 2. The number of hydrogen-bond donors (Lipinski definition) is 2. The van der Waals surface area contributed by atoms with Crippen molar-refractivity contribution in [3.8, 4) is 0 Å². The lowest BCUT2D eigenvalue weighted by Gasteiger charge is -2.16. The summed E-state index contributed by atoms with van der Waals surface area (Å²) in [5.41, 5.74) is 6.07. The molecule has 0 spiro atoms. The van der Waals surface area contributed by atoms with Crippen molar-refractivity contribution in [2.45, 2.75) is 25.9 Å². The van der Waals surface area contributed by atoms with Crippen LogP contribution in [0.25, 0.3) is 0 Å². The van der Waals surface area contributed by atoms with Gasteiger partial charge in [0.1, 0.15) is 6.54 Å². The van der Waals surface area contributed by atoms with E-state index in [-0.39, 0.29) is 24.4 Å². The molecule has 98 valence electrons. The summed E-state index contributed by atoms with van der Waals surface area (Å²) in [5.74, 6) is -0.0694. The highest BCUT2D eigenvalue weighted by Gasteiger charge is 2.26. The minimum atomic E-state index is -0.0610.